The topological polar surface area (TPSA) is 169 Å². The minimum Gasteiger partial charge on any atom is -0.512 e. The molecule has 2 aromatic heterocycles. The average molecular weight is 591 g/mol. The van der Waals surface area contributed by atoms with Crippen molar-refractivity contribution in [2.75, 3.05) is 6.61 Å². The Bertz CT molecular complexity index is 1620. The van der Waals surface area contributed by atoms with Crippen LogP contribution in [-0.2, 0) is 27.2 Å². The molecule has 1 aromatic carbocycles. The van der Waals surface area contributed by atoms with E-state index in [0.717, 1.165) is 12.8 Å². The van der Waals surface area contributed by atoms with Gasteiger partial charge < -0.3 is 19.3 Å². The van der Waals surface area contributed by atoms with Crippen molar-refractivity contribution in [2.45, 2.75) is 65.1 Å². The van der Waals surface area contributed by atoms with Crippen molar-refractivity contribution in [3.63, 3.8) is 0 Å². The molecule has 5 rings (SSSR count). The van der Waals surface area contributed by atoms with Gasteiger partial charge in [-0.1, -0.05) is 0 Å². The molecule has 1 aliphatic carbocycles. The Morgan fingerprint density at radius 1 is 1.19 bits per heavy atom. The van der Waals surface area contributed by atoms with E-state index >= 15 is 0 Å². The van der Waals surface area contributed by atoms with Gasteiger partial charge in [-0.05, 0) is 64.8 Å². The van der Waals surface area contributed by atoms with Crippen LogP contribution in [0.3, 0.4) is 0 Å². The number of rotatable bonds is 6. The summed E-state index contributed by atoms with van der Waals surface area (Å²) < 4.78 is 18.3. The van der Waals surface area contributed by atoms with E-state index < -0.39 is 29.7 Å². The minimum atomic E-state index is -0.953. The summed E-state index contributed by atoms with van der Waals surface area (Å²) in [5, 5.41) is 21.1. The van der Waals surface area contributed by atoms with Crippen LogP contribution in [0.25, 0.3) is 10.9 Å². The number of allylic oxidation sites excluding steroid dienone is 1. The monoisotopic (exact) mass is 590 g/mol. The number of hydrogen-bond acceptors (Lipinski definition) is 10. The van der Waals surface area contributed by atoms with Gasteiger partial charge >= 0.3 is 18.1 Å². The third kappa shape index (κ3) is 6.76. The van der Waals surface area contributed by atoms with Crippen LogP contribution in [0.5, 0.6) is 11.6 Å². The summed E-state index contributed by atoms with van der Waals surface area (Å²) in [6, 6.07) is 5.33. The van der Waals surface area contributed by atoms with Crippen LogP contribution < -0.4 is 10.1 Å². The summed E-state index contributed by atoms with van der Waals surface area (Å²) >= 11 is 0. The Kier molecular flexibility index (Phi) is 8.07. The smallest absolute Gasteiger partial charge is 0.411 e. The molecule has 3 N–H and O–H groups in total. The number of fused-ring (bicyclic) bond motifs is 2. The Balaban J connectivity index is 1.36. The summed E-state index contributed by atoms with van der Waals surface area (Å²) in [7, 11) is 0. The van der Waals surface area contributed by atoms with E-state index in [2.05, 4.69) is 15.3 Å². The van der Waals surface area contributed by atoms with Crippen LogP contribution in [0.2, 0.25) is 0 Å². The van der Waals surface area contributed by atoms with Crippen molar-refractivity contribution in [3.05, 3.63) is 59.9 Å². The number of amidine groups is 1. The fraction of sp³-hybridized carbons (Fsp3) is 0.400. The van der Waals surface area contributed by atoms with Crippen molar-refractivity contribution in [1.29, 1.82) is 5.41 Å². The first-order valence-corrected chi connectivity index (χ1v) is 14.0. The van der Waals surface area contributed by atoms with E-state index in [0.29, 0.717) is 27.9 Å². The number of benzene rings is 1. The molecule has 13 heteroatoms. The van der Waals surface area contributed by atoms with E-state index in [1.807, 2.05) is 0 Å². The number of aromatic nitrogens is 3. The maximum absolute atomic E-state index is 13.0. The molecule has 0 saturated heterocycles. The average Bonchev–Trinajstić information content (AvgIpc) is 3.71. The molecule has 1 atom stereocenters. The normalized spacial score (nSPS) is 16.8. The Morgan fingerprint density at radius 3 is 2.65 bits per heavy atom. The molecule has 3 aromatic rings. The fourth-order valence-corrected chi connectivity index (χ4v) is 4.73. The number of amides is 2. The maximum Gasteiger partial charge on any atom is 0.411 e. The minimum absolute atomic E-state index is 0.00618. The zero-order chi connectivity index (χ0) is 30.9. The molecule has 13 nitrogen and oxygen atoms in total. The van der Waals surface area contributed by atoms with Crippen molar-refractivity contribution in [2.24, 2.45) is 5.92 Å². The lowest BCUT2D eigenvalue weighted by Gasteiger charge is -2.35. The molecule has 1 unspecified atom stereocenters. The molecule has 3 heterocycles. The van der Waals surface area contributed by atoms with E-state index in [1.165, 1.54) is 21.9 Å². The Hall–Kier alpha value is -4.94. The zero-order valence-electron chi connectivity index (χ0n) is 24.4. The SMILES string of the molecule is CCOC(=O)C1Cc2c(ncnc2Oc2ccc3c(ccn3C(=O)NC(=N)/C=C(\O)C3CC3)c2)CN1C(=O)OC(C)(C)C. The molecule has 43 heavy (non-hydrogen) atoms. The number of aliphatic hydroxyl groups is 1. The van der Waals surface area contributed by atoms with Gasteiger partial charge in [-0.15, -0.1) is 0 Å². The van der Waals surface area contributed by atoms with Gasteiger partial charge in [0.2, 0.25) is 5.88 Å². The van der Waals surface area contributed by atoms with Gasteiger partial charge in [-0.2, -0.15) is 0 Å². The predicted octanol–water partition coefficient (Wildman–Crippen LogP) is 4.84. The summed E-state index contributed by atoms with van der Waals surface area (Å²) in [6.07, 6.45) is 5.34. The first kappa shape index (κ1) is 29.5. The third-order valence-electron chi connectivity index (χ3n) is 6.90. The highest BCUT2D eigenvalue weighted by Crippen LogP contribution is 2.35. The zero-order valence-corrected chi connectivity index (χ0v) is 24.4. The largest absolute Gasteiger partial charge is 0.512 e. The maximum atomic E-state index is 13.0. The summed E-state index contributed by atoms with van der Waals surface area (Å²) in [5.74, 6) is 0.0671. The predicted molar refractivity (Wildman–Crippen MR) is 155 cm³/mol. The lowest BCUT2D eigenvalue weighted by atomic mass is 9.98. The molecule has 0 spiro atoms. The molecule has 226 valence electrons. The highest BCUT2D eigenvalue weighted by molar-refractivity contribution is 6.05. The van der Waals surface area contributed by atoms with Crippen LogP contribution in [0.1, 0.15) is 51.8 Å². The number of nitrogens with one attached hydrogen (secondary N) is 2. The van der Waals surface area contributed by atoms with Crippen LogP contribution in [0, 0.1) is 11.3 Å². The standard InChI is InChI=1S/C30H34N6O7/c1-5-41-27(38)23-13-20-21(15-36(23)29(40)43-30(2,3)4)32-16-33-26(20)42-19-8-9-22-18(12-19)10-11-35(22)28(39)34-25(31)14-24(37)17-6-7-17/h8-12,14,16-17,23,37H,5-7,13,15H2,1-4H3,(H2,31,34,39)/b24-14-. The number of esters is 1. The number of ether oxygens (including phenoxy) is 3. The third-order valence-corrected chi connectivity index (χ3v) is 6.90. The molecule has 2 aliphatic rings. The lowest BCUT2D eigenvalue weighted by Crippen LogP contribution is -2.51. The van der Waals surface area contributed by atoms with E-state index in [1.54, 1.807) is 58.2 Å². The number of carbonyl (C=O) groups excluding carboxylic acids is 3. The fourth-order valence-electron chi connectivity index (χ4n) is 4.73. The highest BCUT2D eigenvalue weighted by atomic mass is 16.6. The Morgan fingerprint density at radius 2 is 1.95 bits per heavy atom. The number of hydrogen-bond donors (Lipinski definition) is 3. The summed E-state index contributed by atoms with van der Waals surface area (Å²) in [6.45, 7) is 7.09. The molecule has 1 saturated carbocycles. The first-order valence-electron chi connectivity index (χ1n) is 14.0. The van der Waals surface area contributed by atoms with E-state index in [9.17, 15) is 19.5 Å². The lowest BCUT2D eigenvalue weighted by molar-refractivity contribution is -0.150. The molecule has 0 bridgehead atoms. The van der Waals surface area contributed by atoms with Crippen LogP contribution in [-0.4, -0.2) is 66.7 Å². The van der Waals surface area contributed by atoms with Gasteiger partial charge in [0.1, 0.15) is 29.6 Å². The summed E-state index contributed by atoms with van der Waals surface area (Å²) in [4.78, 5) is 48.6. The Labute approximate surface area is 248 Å². The van der Waals surface area contributed by atoms with Crippen molar-refractivity contribution in [1.82, 2.24) is 24.8 Å². The second kappa shape index (κ2) is 11.7. The van der Waals surface area contributed by atoms with Crippen molar-refractivity contribution >= 4 is 34.8 Å². The molecule has 2 amide bonds. The van der Waals surface area contributed by atoms with Gasteiger partial charge in [0, 0.05) is 35.6 Å². The van der Waals surface area contributed by atoms with E-state index in [4.69, 9.17) is 19.6 Å². The second-order valence-electron chi connectivity index (χ2n) is 11.4. The van der Waals surface area contributed by atoms with Gasteiger partial charge in [-0.25, -0.2) is 24.4 Å². The van der Waals surface area contributed by atoms with Crippen LogP contribution >= 0.6 is 0 Å². The molecular weight excluding hydrogens is 556 g/mol. The van der Waals surface area contributed by atoms with Gasteiger partial charge in [0.05, 0.1) is 30.1 Å². The highest BCUT2D eigenvalue weighted by Gasteiger charge is 2.40. The van der Waals surface area contributed by atoms with E-state index in [-0.39, 0.29) is 43.0 Å². The van der Waals surface area contributed by atoms with Crippen LogP contribution in [0.4, 0.5) is 9.59 Å². The summed E-state index contributed by atoms with van der Waals surface area (Å²) in [5.41, 5.74) is 0.906. The first-order chi connectivity index (χ1) is 20.4. The molecular formula is C30H34N6O7. The number of carbonyl (C=O) groups is 3. The van der Waals surface area contributed by atoms with Gasteiger partial charge in [0.25, 0.3) is 0 Å². The van der Waals surface area contributed by atoms with Gasteiger partial charge in [-0.3, -0.25) is 20.2 Å². The molecule has 1 fully saturated rings. The van der Waals surface area contributed by atoms with Crippen LogP contribution in [0.15, 0.2) is 48.6 Å². The second-order valence-corrected chi connectivity index (χ2v) is 11.4. The number of nitrogens with zero attached hydrogens (tertiary/aromatic N) is 4. The molecule has 0 radical (unpaired) electrons. The molecule has 1 aliphatic heterocycles. The van der Waals surface area contributed by atoms with Gasteiger partial charge in [0.15, 0.2) is 0 Å². The number of aliphatic hydroxyl groups excluding tert-OH is 1. The quantitative estimate of drug-likeness (QED) is 0.157. The van der Waals surface area contributed by atoms with Crippen molar-refractivity contribution < 1.29 is 33.7 Å². The van der Waals surface area contributed by atoms with Crippen molar-refractivity contribution in [3.8, 4) is 11.6 Å².